The zero-order valence-corrected chi connectivity index (χ0v) is 22.9. The standard InChI is InChI=1S/C31H38FN3O3/c1-21(2)22-9-11-27-23(15-22)10-12-28-30(3,13-6-14-31(27,28)4)20-38-29(36)18-35-17-25(33-34-35)19-37-26-8-5-7-24(32)16-26/h5,7-9,11,15-17,21,28H,6,10,12-14,18-20H2,1-4H3/t28-,30-,31+/m0/s1. The lowest BCUT2D eigenvalue weighted by molar-refractivity contribution is -0.152. The van der Waals surface area contributed by atoms with E-state index in [1.54, 1.807) is 18.3 Å². The van der Waals surface area contributed by atoms with E-state index >= 15 is 0 Å². The van der Waals surface area contributed by atoms with Gasteiger partial charge < -0.3 is 9.47 Å². The van der Waals surface area contributed by atoms with E-state index in [1.807, 2.05) is 0 Å². The lowest BCUT2D eigenvalue weighted by atomic mass is 9.50. The van der Waals surface area contributed by atoms with Gasteiger partial charge in [0.2, 0.25) is 0 Å². The molecule has 0 radical (unpaired) electrons. The number of rotatable bonds is 8. The van der Waals surface area contributed by atoms with Gasteiger partial charge in [0.25, 0.3) is 0 Å². The Morgan fingerprint density at radius 3 is 2.82 bits per heavy atom. The Morgan fingerprint density at radius 1 is 1.18 bits per heavy atom. The Hall–Kier alpha value is -3.22. The molecular weight excluding hydrogens is 481 g/mol. The molecule has 202 valence electrons. The summed E-state index contributed by atoms with van der Waals surface area (Å²) in [6, 6.07) is 13.0. The molecule has 2 aromatic carbocycles. The molecule has 0 saturated heterocycles. The van der Waals surface area contributed by atoms with Crippen LogP contribution in [0.4, 0.5) is 4.39 Å². The predicted molar refractivity (Wildman–Crippen MR) is 143 cm³/mol. The number of nitrogens with zero attached hydrogens (tertiary/aromatic N) is 3. The fourth-order valence-corrected chi connectivity index (χ4v) is 6.80. The van der Waals surface area contributed by atoms with Gasteiger partial charge in [-0.25, -0.2) is 9.07 Å². The molecule has 2 aliphatic carbocycles. The van der Waals surface area contributed by atoms with Crippen LogP contribution in [0.2, 0.25) is 0 Å². The third-order valence-corrected chi connectivity index (χ3v) is 8.79. The van der Waals surface area contributed by atoms with Crippen molar-refractivity contribution in [3.63, 3.8) is 0 Å². The highest BCUT2D eigenvalue weighted by atomic mass is 19.1. The van der Waals surface area contributed by atoms with Crippen LogP contribution in [0.15, 0.2) is 48.7 Å². The summed E-state index contributed by atoms with van der Waals surface area (Å²) in [4.78, 5) is 12.8. The van der Waals surface area contributed by atoms with Crippen molar-refractivity contribution < 1.29 is 18.7 Å². The lowest BCUT2D eigenvalue weighted by Gasteiger charge is -2.55. The second-order valence-corrected chi connectivity index (χ2v) is 11.9. The molecule has 0 bridgehead atoms. The Kier molecular flexibility index (Phi) is 7.30. The molecule has 1 saturated carbocycles. The van der Waals surface area contributed by atoms with E-state index in [9.17, 15) is 9.18 Å². The molecule has 1 aromatic heterocycles. The van der Waals surface area contributed by atoms with Crippen LogP contribution in [0, 0.1) is 17.2 Å². The van der Waals surface area contributed by atoms with E-state index in [2.05, 4.69) is 56.2 Å². The van der Waals surface area contributed by atoms with Crippen LogP contribution >= 0.6 is 0 Å². The molecule has 0 amide bonds. The maximum atomic E-state index is 13.3. The molecule has 0 N–H and O–H groups in total. The highest BCUT2D eigenvalue weighted by Gasteiger charge is 2.52. The molecular formula is C31H38FN3O3. The Bertz CT molecular complexity index is 1310. The van der Waals surface area contributed by atoms with E-state index in [0.717, 1.165) is 25.7 Å². The number of aromatic nitrogens is 3. The number of esters is 1. The summed E-state index contributed by atoms with van der Waals surface area (Å²) in [7, 11) is 0. The first-order valence-corrected chi connectivity index (χ1v) is 13.7. The summed E-state index contributed by atoms with van der Waals surface area (Å²) in [5.41, 5.74) is 4.99. The number of hydrogen-bond acceptors (Lipinski definition) is 5. The van der Waals surface area contributed by atoms with Crippen LogP contribution in [0.1, 0.15) is 81.7 Å². The van der Waals surface area contributed by atoms with Gasteiger partial charge in [0.05, 0.1) is 12.8 Å². The van der Waals surface area contributed by atoms with Gasteiger partial charge in [0.1, 0.15) is 30.4 Å². The van der Waals surface area contributed by atoms with Gasteiger partial charge in [-0.3, -0.25) is 4.79 Å². The van der Waals surface area contributed by atoms with Gasteiger partial charge in [-0.05, 0) is 71.8 Å². The number of benzene rings is 2. The smallest absolute Gasteiger partial charge is 0.327 e. The van der Waals surface area contributed by atoms with Crippen LogP contribution in [-0.4, -0.2) is 27.6 Å². The molecule has 38 heavy (non-hydrogen) atoms. The van der Waals surface area contributed by atoms with Crippen molar-refractivity contribution in [1.82, 2.24) is 15.0 Å². The molecule has 0 unspecified atom stereocenters. The van der Waals surface area contributed by atoms with Crippen LogP contribution in [0.25, 0.3) is 0 Å². The Balaban J connectivity index is 1.19. The highest BCUT2D eigenvalue weighted by Crippen LogP contribution is 2.57. The van der Waals surface area contributed by atoms with Gasteiger partial charge in [0, 0.05) is 11.5 Å². The third-order valence-electron chi connectivity index (χ3n) is 8.79. The first-order chi connectivity index (χ1) is 18.2. The number of halogens is 1. The number of carbonyl (C=O) groups excluding carboxylic acids is 1. The van der Waals surface area contributed by atoms with Crippen molar-refractivity contribution in [1.29, 1.82) is 0 Å². The topological polar surface area (TPSA) is 66.2 Å². The van der Waals surface area contributed by atoms with Gasteiger partial charge in [0.15, 0.2) is 0 Å². The molecule has 3 atom stereocenters. The van der Waals surface area contributed by atoms with Crippen molar-refractivity contribution in [2.45, 2.75) is 84.3 Å². The van der Waals surface area contributed by atoms with Crippen molar-refractivity contribution >= 4 is 5.97 Å². The molecule has 2 aliphatic rings. The summed E-state index contributed by atoms with van der Waals surface area (Å²) < 4.78 is 26.2. The molecule has 0 aliphatic heterocycles. The third kappa shape index (κ3) is 5.33. The molecule has 3 aromatic rings. The summed E-state index contributed by atoms with van der Waals surface area (Å²) in [6.45, 7) is 9.77. The normalized spacial score (nSPS) is 24.5. The minimum Gasteiger partial charge on any atom is -0.487 e. The molecule has 0 spiro atoms. The van der Waals surface area contributed by atoms with Crippen LogP contribution in [0.3, 0.4) is 0 Å². The monoisotopic (exact) mass is 519 g/mol. The molecule has 1 heterocycles. The first-order valence-electron chi connectivity index (χ1n) is 13.7. The second kappa shape index (κ2) is 10.5. The lowest BCUT2D eigenvalue weighted by Crippen LogP contribution is -2.51. The fraction of sp³-hybridized carbons (Fsp3) is 0.516. The first kappa shape index (κ1) is 26.4. The van der Waals surface area contributed by atoms with Crippen molar-refractivity contribution in [2.24, 2.45) is 11.3 Å². The zero-order valence-electron chi connectivity index (χ0n) is 22.9. The quantitative estimate of drug-likeness (QED) is 0.324. The van der Waals surface area contributed by atoms with E-state index in [1.165, 1.54) is 39.9 Å². The molecule has 6 nitrogen and oxygen atoms in total. The van der Waals surface area contributed by atoms with Gasteiger partial charge >= 0.3 is 5.97 Å². The maximum Gasteiger partial charge on any atom is 0.327 e. The van der Waals surface area contributed by atoms with Crippen molar-refractivity contribution in [3.8, 4) is 5.75 Å². The summed E-state index contributed by atoms with van der Waals surface area (Å²) >= 11 is 0. The van der Waals surface area contributed by atoms with Crippen LogP contribution < -0.4 is 4.74 Å². The SMILES string of the molecule is CC(C)c1ccc2c(c1)CC[C@H]1[C@](C)(COC(=O)Cn3cc(COc4cccc(F)c4)nn3)CCC[C@]21C. The maximum absolute atomic E-state index is 13.3. The summed E-state index contributed by atoms with van der Waals surface area (Å²) in [5.74, 6) is 0.727. The second-order valence-electron chi connectivity index (χ2n) is 11.9. The average molecular weight is 520 g/mol. The number of carbonyl (C=O) groups is 1. The minimum absolute atomic E-state index is 0.00814. The largest absolute Gasteiger partial charge is 0.487 e. The number of fused-ring (bicyclic) bond motifs is 3. The number of aryl methyl sites for hydroxylation is 1. The Morgan fingerprint density at radius 2 is 2.03 bits per heavy atom. The number of ether oxygens (including phenoxy) is 2. The predicted octanol–water partition coefficient (Wildman–Crippen LogP) is 6.37. The highest BCUT2D eigenvalue weighted by molar-refractivity contribution is 5.69. The van der Waals surface area contributed by atoms with Gasteiger partial charge in [-0.15, -0.1) is 5.10 Å². The van der Waals surface area contributed by atoms with E-state index in [4.69, 9.17) is 9.47 Å². The zero-order chi connectivity index (χ0) is 26.9. The summed E-state index contributed by atoms with van der Waals surface area (Å²) in [5, 5.41) is 8.09. The minimum atomic E-state index is -0.362. The molecule has 5 rings (SSSR count). The van der Waals surface area contributed by atoms with Crippen LogP contribution in [-0.2, 0) is 34.5 Å². The molecule has 7 heteroatoms. The van der Waals surface area contributed by atoms with Crippen molar-refractivity contribution in [3.05, 3.63) is 76.9 Å². The van der Waals surface area contributed by atoms with E-state index < -0.39 is 0 Å². The average Bonchev–Trinajstić information content (AvgIpc) is 3.33. The molecule has 1 fully saturated rings. The van der Waals surface area contributed by atoms with E-state index in [0.29, 0.717) is 29.9 Å². The van der Waals surface area contributed by atoms with Gasteiger partial charge in [-0.2, -0.15) is 0 Å². The Labute approximate surface area is 224 Å². The summed E-state index contributed by atoms with van der Waals surface area (Å²) in [6.07, 6.45) is 7.23. The van der Waals surface area contributed by atoms with Crippen LogP contribution in [0.5, 0.6) is 5.75 Å². The van der Waals surface area contributed by atoms with Crippen molar-refractivity contribution in [2.75, 3.05) is 6.61 Å². The van der Waals surface area contributed by atoms with Gasteiger partial charge in [-0.1, -0.05) is 63.6 Å². The van der Waals surface area contributed by atoms with E-state index in [-0.39, 0.29) is 35.8 Å². The fourth-order valence-electron chi connectivity index (χ4n) is 6.80. The number of hydrogen-bond donors (Lipinski definition) is 0.